The first kappa shape index (κ1) is 13.0. The van der Waals surface area contributed by atoms with E-state index in [0.717, 1.165) is 18.6 Å². The van der Waals surface area contributed by atoms with E-state index in [0.29, 0.717) is 6.61 Å². The van der Waals surface area contributed by atoms with Crippen LogP contribution in [0.25, 0.3) is 10.9 Å². The smallest absolute Gasteiger partial charge is 0.120 e. The molecule has 0 aliphatic heterocycles. The fraction of sp³-hybridized carbons (Fsp3) is 0.467. The SMILES string of the molecule is CCOc1ccc2[nH]c(C)c(CCC(C)N)c2c1. The van der Waals surface area contributed by atoms with E-state index in [1.54, 1.807) is 0 Å². The Morgan fingerprint density at radius 1 is 1.39 bits per heavy atom. The number of hydrogen-bond donors (Lipinski definition) is 2. The van der Waals surface area contributed by atoms with Crippen LogP contribution in [0, 0.1) is 6.92 Å². The lowest BCUT2D eigenvalue weighted by Crippen LogP contribution is -2.15. The van der Waals surface area contributed by atoms with E-state index in [1.807, 2.05) is 13.0 Å². The third-order valence-electron chi connectivity index (χ3n) is 3.25. The van der Waals surface area contributed by atoms with Crippen LogP contribution in [-0.4, -0.2) is 17.6 Å². The van der Waals surface area contributed by atoms with Crippen LogP contribution >= 0.6 is 0 Å². The topological polar surface area (TPSA) is 51.0 Å². The summed E-state index contributed by atoms with van der Waals surface area (Å²) in [7, 11) is 0. The van der Waals surface area contributed by atoms with Crippen molar-refractivity contribution in [1.29, 1.82) is 0 Å². The molecule has 0 fully saturated rings. The predicted molar refractivity (Wildman–Crippen MR) is 76.2 cm³/mol. The van der Waals surface area contributed by atoms with E-state index in [4.69, 9.17) is 10.5 Å². The van der Waals surface area contributed by atoms with Crippen LogP contribution in [0.3, 0.4) is 0 Å². The third-order valence-corrected chi connectivity index (χ3v) is 3.25. The lowest BCUT2D eigenvalue weighted by molar-refractivity contribution is 0.340. The van der Waals surface area contributed by atoms with E-state index >= 15 is 0 Å². The normalized spacial score (nSPS) is 12.9. The minimum atomic E-state index is 0.240. The molecule has 98 valence electrons. The highest BCUT2D eigenvalue weighted by Gasteiger charge is 2.10. The summed E-state index contributed by atoms with van der Waals surface area (Å²) in [4.78, 5) is 3.42. The molecule has 2 aromatic rings. The van der Waals surface area contributed by atoms with E-state index in [1.165, 1.54) is 22.2 Å². The zero-order valence-corrected chi connectivity index (χ0v) is 11.4. The molecule has 0 saturated heterocycles. The van der Waals surface area contributed by atoms with Crippen LogP contribution in [-0.2, 0) is 6.42 Å². The Labute approximate surface area is 108 Å². The molecule has 1 aromatic carbocycles. The van der Waals surface area contributed by atoms with Gasteiger partial charge in [-0.2, -0.15) is 0 Å². The standard InChI is InChI=1S/C15H22N2O/c1-4-18-12-6-8-15-14(9-12)13(11(3)17-15)7-5-10(2)16/h6,8-10,17H,4-5,7,16H2,1-3H3. The minimum Gasteiger partial charge on any atom is -0.494 e. The van der Waals surface area contributed by atoms with Gasteiger partial charge in [0.2, 0.25) is 0 Å². The number of rotatable bonds is 5. The van der Waals surface area contributed by atoms with Crippen LogP contribution in [0.15, 0.2) is 18.2 Å². The summed E-state index contributed by atoms with van der Waals surface area (Å²) in [5, 5.41) is 1.26. The van der Waals surface area contributed by atoms with Crippen LogP contribution in [0.2, 0.25) is 0 Å². The molecule has 1 unspecified atom stereocenters. The third kappa shape index (κ3) is 2.67. The van der Waals surface area contributed by atoms with Gasteiger partial charge in [0, 0.05) is 22.6 Å². The monoisotopic (exact) mass is 246 g/mol. The summed E-state index contributed by atoms with van der Waals surface area (Å²) in [6.45, 7) is 6.88. The highest BCUT2D eigenvalue weighted by molar-refractivity contribution is 5.86. The summed E-state index contributed by atoms with van der Waals surface area (Å²) >= 11 is 0. The quantitative estimate of drug-likeness (QED) is 0.851. The molecule has 0 aliphatic carbocycles. The Bertz CT molecular complexity index is 529. The Hall–Kier alpha value is -1.48. The number of H-pyrrole nitrogens is 1. The van der Waals surface area contributed by atoms with Gasteiger partial charge in [0.25, 0.3) is 0 Å². The van der Waals surface area contributed by atoms with Crippen molar-refractivity contribution in [2.24, 2.45) is 5.73 Å². The van der Waals surface area contributed by atoms with Gasteiger partial charge >= 0.3 is 0 Å². The number of aromatic nitrogens is 1. The average molecular weight is 246 g/mol. The molecule has 3 heteroatoms. The number of benzene rings is 1. The summed E-state index contributed by atoms with van der Waals surface area (Å²) < 4.78 is 5.57. The highest BCUT2D eigenvalue weighted by Crippen LogP contribution is 2.27. The molecule has 1 aromatic heterocycles. The first-order valence-electron chi connectivity index (χ1n) is 6.61. The lowest BCUT2D eigenvalue weighted by Gasteiger charge is -2.06. The molecule has 0 amide bonds. The Morgan fingerprint density at radius 3 is 2.83 bits per heavy atom. The number of aryl methyl sites for hydroxylation is 2. The maximum Gasteiger partial charge on any atom is 0.120 e. The number of aromatic amines is 1. The maximum atomic E-state index is 5.85. The van der Waals surface area contributed by atoms with Gasteiger partial charge in [-0.3, -0.25) is 0 Å². The molecule has 3 nitrogen and oxygen atoms in total. The molecule has 0 radical (unpaired) electrons. The molecular formula is C15H22N2O. The van der Waals surface area contributed by atoms with Crippen molar-refractivity contribution in [1.82, 2.24) is 4.98 Å². The Morgan fingerprint density at radius 2 is 2.17 bits per heavy atom. The first-order chi connectivity index (χ1) is 8.61. The fourth-order valence-electron chi connectivity index (χ4n) is 2.31. The van der Waals surface area contributed by atoms with E-state index in [2.05, 4.69) is 31.0 Å². The molecule has 0 aliphatic rings. The van der Waals surface area contributed by atoms with Gasteiger partial charge in [-0.1, -0.05) is 0 Å². The number of nitrogens with one attached hydrogen (secondary N) is 1. The number of hydrogen-bond acceptors (Lipinski definition) is 2. The number of ether oxygens (including phenoxy) is 1. The van der Waals surface area contributed by atoms with Crippen molar-refractivity contribution < 1.29 is 4.74 Å². The largest absolute Gasteiger partial charge is 0.494 e. The number of fused-ring (bicyclic) bond motifs is 1. The molecular weight excluding hydrogens is 224 g/mol. The van der Waals surface area contributed by atoms with Gasteiger partial charge < -0.3 is 15.5 Å². The van der Waals surface area contributed by atoms with E-state index in [-0.39, 0.29) is 6.04 Å². The Kier molecular flexibility index (Phi) is 3.92. The van der Waals surface area contributed by atoms with Crippen molar-refractivity contribution in [3.05, 3.63) is 29.5 Å². The predicted octanol–water partition coefficient (Wildman–Crippen LogP) is 3.15. The molecule has 0 spiro atoms. The van der Waals surface area contributed by atoms with Crippen molar-refractivity contribution in [3.63, 3.8) is 0 Å². The summed E-state index contributed by atoms with van der Waals surface area (Å²) in [6.07, 6.45) is 2.02. The molecule has 1 heterocycles. The van der Waals surface area contributed by atoms with Gasteiger partial charge in [0.05, 0.1) is 6.61 Å². The maximum absolute atomic E-state index is 5.85. The highest BCUT2D eigenvalue weighted by atomic mass is 16.5. The fourth-order valence-corrected chi connectivity index (χ4v) is 2.31. The van der Waals surface area contributed by atoms with Crippen LogP contribution in [0.1, 0.15) is 31.5 Å². The molecule has 0 bridgehead atoms. The van der Waals surface area contributed by atoms with Crippen LogP contribution in [0.4, 0.5) is 0 Å². The molecule has 3 N–H and O–H groups in total. The van der Waals surface area contributed by atoms with Gasteiger partial charge in [0.15, 0.2) is 0 Å². The Balaban J connectivity index is 2.36. The first-order valence-corrected chi connectivity index (χ1v) is 6.61. The second kappa shape index (κ2) is 5.44. The van der Waals surface area contributed by atoms with Gasteiger partial charge in [-0.05, 0) is 57.4 Å². The van der Waals surface area contributed by atoms with Crippen molar-refractivity contribution in [2.75, 3.05) is 6.61 Å². The summed E-state index contributed by atoms with van der Waals surface area (Å²) in [5.41, 5.74) is 9.62. The molecule has 1 atom stereocenters. The van der Waals surface area contributed by atoms with Crippen LogP contribution < -0.4 is 10.5 Å². The zero-order chi connectivity index (χ0) is 13.1. The molecule has 0 saturated carbocycles. The van der Waals surface area contributed by atoms with Gasteiger partial charge in [-0.25, -0.2) is 0 Å². The zero-order valence-electron chi connectivity index (χ0n) is 11.4. The minimum absolute atomic E-state index is 0.240. The lowest BCUT2D eigenvalue weighted by atomic mass is 10.0. The summed E-state index contributed by atoms with van der Waals surface area (Å²) in [6, 6.07) is 6.46. The van der Waals surface area contributed by atoms with Crippen molar-refractivity contribution >= 4 is 10.9 Å². The molecule has 18 heavy (non-hydrogen) atoms. The van der Waals surface area contributed by atoms with Gasteiger partial charge in [-0.15, -0.1) is 0 Å². The van der Waals surface area contributed by atoms with Gasteiger partial charge in [0.1, 0.15) is 5.75 Å². The number of nitrogens with two attached hydrogens (primary N) is 1. The second-order valence-corrected chi connectivity index (χ2v) is 4.88. The molecule has 2 rings (SSSR count). The van der Waals surface area contributed by atoms with E-state index in [9.17, 15) is 0 Å². The van der Waals surface area contributed by atoms with E-state index < -0.39 is 0 Å². The summed E-state index contributed by atoms with van der Waals surface area (Å²) in [5.74, 6) is 0.936. The second-order valence-electron chi connectivity index (χ2n) is 4.88. The average Bonchev–Trinajstić information content (AvgIpc) is 2.62. The van der Waals surface area contributed by atoms with Crippen molar-refractivity contribution in [2.45, 2.75) is 39.7 Å². The van der Waals surface area contributed by atoms with Crippen LogP contribution in [0.5, 0.6) is 5.75 Å². The van der Waals surface area contributed by atoms with Crippen molar-refractivity contribution in [3.8, 4) is 5.75 Å².